The van der Waals surface area contributed by atoms with Crippen molar-refractivity contribution in [2.45, 2.75) is 77.9 Å². The Bertz CT molecular complexity index is 3390. The van der Waals surface area contributed by atoms with Gasteiger partial charge in [0.05, 0.1) is 40.1 Å². The van der Waals surface area contributed by atoms with Crippen LogP contribution in [0.25, 0.3) is 22.6 Å². The van der Waals surface area contributed by atoms with Gasteiger partial charge in [0, 0.05) is 58.9 Å². The number of nitrogens with zero attached hydrogens (tertiary/aromatic N) is 7. The van der Waals surface area contributed by atoms with Gasteiger partial charge in [-0.2, -0.15) is 23.4 Å². The van der Waals surface area contributed by atoms with E-state index in [9.17, 15) is 33.0 Å². The minimum atomic E-state index is -4.82. The largest absolute Gasteiger partial charge is 2.00 e. The molecule has 8 rings (SSSR count). The molecule has 0 saturated carbocycles. The number of aliphatic imine (C=N–C) groups is 1. The number of alkyl halides is 3. The van der Waals surface area contributed by atoms with Crippen molar-refractivity contribution in [2.24, 2.45) is 4.99 Å². The van der Waals surface area contributed by atoms with Crippen LogP contribution >= 0.6 is 12.2 Å². The summed E-state index contributed by atoms with van der Waals surface area (Å²) in [4.78, 5) is 49.5. The van der Waals surface area contributed by atoms with Gasteiger partial charge in [0.15, 0.2) is 5.76 Å². The summed E-state index contributed by atoms with van der Waals surface area (Å²) in [7, 11) is 0. The first-order chi connectivity index (χ1) is 37.9. The molecule has 4 aromatic carbocycles. The van der Waals surface area contributed by atoms with Crippen LogP contribution < -0.4 is 9.96 Å². The maximum Gasteiger partial charge on any atom is 2.00 e. The number of rotatable bonds is 14. The number of aromatic nitrogens is 3. The molecule has 0 bridgehead atoms. The van der Waals surface area contributed by atoms with Gasteiger partial charge in [-0.25, -0.2) is 9.59 Å². The standard InChI is InChI=1S/C32H26N4O5.C29H32F3N4.CNS.Ru/c1-2-30(41-36(24-9-5-3-6-10-24)25-11-7-4-8-12-25)21-13-15-33-26(17-21)28-19-23(32(39)40)20-29(35-28)27-18-22(31(37)38)14-16-34-27;1-27(2,3)19-7-11-21(12-8-19)36(22-13-9-20(10-14-22)28(4,5)6)23-15-16-35-25(17-23)24(33)18-26(34)29(30,31)32;2-1-3;/h2-19,29H,20H2,1H3,(H,37,38)(H,39,40);7-18,33-34H,1-6H3;;/q;2*-1;+2/b30-2-;24-18-,34-26?;;. The van der Waals surface area contributed by atoms with Crippen LogP contribution in [0.15, 0.2) is 193 Å². The maximum atomic E-state index is 12.8. The number of carboxylic acid groups (broad SMARTS) is 2. The molecular weight excluding hydrogens is 1140 g/mol. The fourth-order valence-corrected chi connectivity index (χ4v) is 8.06. The first kappa shape index (κ1) is 63.1. The summed E-state index contributed by atoms with van der Waals surface area (Å²) < 4.78 is 38.5. The molecule has 4 N–H and O–H groups in total. The quantitative estimate of drug-likeness (QED) is 0.0306. The topological polar surface area (TPSA) is 211 Å². The summed E-state index contributed by atoms with van der Waals surface area (Å²) >= 11 is 3.70. The number of anilines is 5. The molecule has 1 atom stereocenters. The van der Waals surface area contributed by atoms with Crippen LogP contribution in [0.5, 0.6) is 0 Å². The SMILES string of the molecule is C/C=C(\ON(c1ccccc1)c1ccccc1)c1ccnc(C2=NC(c3cc(C(=O)O)ccn3)CC(C(=O)O)=C2)c1.CC(C)(C)c1ccc(N(c2ccc(C(C)(C)C)cc2)c2ccnc(/C([NH-])=C/C(=N)C(F)(F)F)c2)cc1.[N-]=C=S.[Ru+2]. The number of benzene rings is 4. The van der Waals surface area contributed by atoms with E-state index in [2.05, 4.69) is 93.0 Å². The Balaban J connectivity index is 0.000000283. The van der Waals surface area contributed by atoms with E-state index < -0.39 is 35.6 Å². The number of carbonyl (C=O) groups is 2. The number of hydrogen-bond acceptors (Lipinski definition) is 11. The zero-order chi connectivity index (χ0) is 58.4. The first-order valence-electron chi connectivity index (χ1n) is 24.9. The number of halogens is 3. The Hall–Kier alpha value is -8.76. The second-order valence-electron chi connectivity index (χ2n) is 20.0. The number of allylic oxidation sites excluding steroid dienone is 3. The van der Waals surface area contributed by atoms with Gasteiger partial charge in [0.1, 0.15) is 5.71 Å². The number of aliphatic carboxylic acids is 1. The third-order valence-corrected chi connectivity index (χ3v) is 12.3. The van der Waals surface area contributed by atoms with E-state index in [0.717, 1.165) is 22.7 Å². The third kappa shape index (κ3) is 17.1. The minimum Gasteiger partial charge on any atom is -0.753 e. The molecular formula is C62H58F3N9O5RuS. The number of dihydropyridines is 1. The predicted molar refractivity (Wildman–Crippen MR) is 313 cm³/mol. The smallest absolute Gasteiger partial charge is 0.753 e. The Morgan fingerprint density at radius 1 is 0.716 bits per heavy atom. The number of nitrogens with one attached hydrogen (secondary N) is 2. The Morgan fingerprint density at radius 2 is 1.22 bits per heavy atom. The number of carboxylic acids is 2. The summed E-state index contributed by atoms with van der Waals surface area (Å²) in [5.74, 6) is -1.64. The van der Waals surface area contributed by atoms with Crippen molar-refractivity contribution in [3.63, 3.8) is 0 Å². The number of aromatic carboxylic acids is 1. The predicted octanol–water partition coefficient (Wildman–Crippen LogP) is 16.0. The fourth-order valence-electron chi connectivity index (χ4n) is 8.06. The molecule has 0 amide bonds. The normalized spacial score (nSPS) is 13.4. The van der Waals surface area contributed by atoms with Crippen LogP contribution in [0.3, 0.4) is 0 Å². The van der Waals surface area contributed by atoms with E-state index in [1.807, 2.05) is 103 Å². The zero-order valence-corrected chi connectivity index (χ0v) is 47.8. The molecule has 4 heterocycles. The molecule has 0 aliphatic carbocycles. The molecule has 1 unspecified atom stereocenters. The van der Waals surface area contributed by atoms with Crippen molar-refractivity contribution in [3.8, 4) is 0 Å². The maximum absolute atomic E-state index is 12.8. The van der Waals surface area contributed by atoms with E-state index in [0.29, 0.717) is 40.2 Å². The van der Waals surface area contributed by atoms with Crippen LogP contribution in [0.1, 0.15) is 105 Å². The summed E-state index contributed by atoms with van der Waals surface area (Å²) in [5, 5.41) is 36.6. The second kappa shape index (κ2) is 27.9. The van der Waals surface area contributed by atoms with E-state index in [4.69, 9.17) is 26.4 Å². The molecule has 0 radical (unpaired) electrons. The second-order valence-corrected chi connectivity index (χ2v) is 20.2. The molecule has 0 spiro atoms. The number of hydrogen-bond donors (Lipinski definition) is 3. The van der Waals surface area contributed by atoms with Crippen LogP contribution in [0.2, 0.25) is 0 Å². The van der Waals surface area contributed by atoms with Gasteiger partial charge < -0.3 is 31.1 Å². The number of para-hydroxylation sites is 2. The zero-order valence-electron chi connectivity index (χ0n) is 45.3. The minimum absolute atomic E-state index is 0. The molecule has 3 aromatic heterocycles. The number of isothiocyanates is 1. The summed E-state index contributed by atoms with van der Waals surface area (Å²) in [6.07, 6.45) is 3.51. The number of thiocarbonyl (C=S) groups is 1. The molecule has 1 aliphatic heterocycles. The summed E-state index contributed by atoms with van der Waals surface area (Å²) in [6.45, 7) is 14.7. The number of pyridine rings is 3. The Labute approximate surface area is 487 Å². The van der Waals surface area contributed by atoms with E-state index in [-0.39, 0.29) is 53.6 Å². The molecule has 7 aromatic rings. The van der Waals surface area contributed by atoms with E-state index in [1.54, 1.807) is 35.5 Å². The molecule has 14 nitrogen and oxygen atoms in total. The van der Waals surface area contributed by atoms with Crippen LogP contribution in [0, 0.1) is 5.41 Å². The van der Waals surface area contributed by atoms with Crippen molar-refractivity contribution in [3.05, 3.63) is 238 Å². The third-order valence-electron chi connectivity index (χ3n) is 12.3. The van der Waals surface area contributed by atoms with Crippen LogP contribution in [0.4, 0.5) is 41.6 Å². The first-order valence-corrected chi connectivity index (χ1v) is 25.3. The summed E-state index contributed by atoms with van der Waals surface area (Å²) in [5.41, 5.74) is 14.4. The van der Waals surface area contributed by atoms with Crippen molar-refractivity contribution in [1.82, 2.24) is 15.0 Å². The molecule has 0 fully saturated rings. The average molecular weight is 1200 g/mol. The van der Waals surface area contributed by atoms with Gasteiger partial charge in [-0.1, -0.05) is 114 Å². The van der Waals surface area contributed by atoms with Gasteiger partial charge in [-0.15, -0.1) is 5.70 Å². The summed E-state index contributed by atoms with van der Waals surface area (Å²) in [6, 6.07) is 44.7. The fraction of sp³-hybridized carbons (Fsp3) is 0.194. The Morgan fingerprint density at radius 3 is 1.70 bits per heavy atom. The van der Waals surface area contributed by atoms with Gasteiger partial charge in [0.2, 0.25) is 0 Å². The molecule has 81 heavy (non-hydrogen) atoms. The monoisotopic (exact) mass is 1200 g/mol. The molecule has 416 valence electrons. The van der Waals surface area contributed by atoms with Crippen LogP contribution in [-0.2, 0) is 39.9 Å². The van der Waals surface area contributed by atoms with Crippen molar-refractivity contribution in [2.75, 3.05) is 9.96 Å². The van der Waals surface area contributed by atoms with E-state index >= 15 is 0 Å². The van der Waals surface area contributed by atoms with Crippen molar-refractivity contribution in [1.29, 1.82) is 5.41 Å². The Kier molecular flexibility index (Phi) is 21.7. The molecule has 1 aliphatic rings. The van der Waals surface area contributed by atoms with Crippen LogP contribution in [-0.4, -0.2) is 59.9 Å². The van der Waals surface area contributed by atoms with Gasteiger partial charge >= 0.3 is 37.6 Å². The van der Waals surface area contributed by atoms with Crippen molar-refractivity contribution < 1.29 is 57.3 Å². The average Bonchev–Trinajstić information content (AvgIpc) is 3.44. The van der Waals surface area contributed by atoms with Gasteiger partial charge in [-0.3, -0.25) is 25.4 Å². The van der Waals surface area contributed by atoms with Gasteiger partial charge in [-0.05, 0) is 132 Å². The van der Waals surface area contributed by atoms with Crippen molar-refractivity contribution >= 4 is 80.6 Å². The molecule has 19 heteroatoms. The van der Waals surface area contributed by atoms with E-state index in [1.165, 1.54) is 46.9 Å². The van der Waals surface area contributed by atoms with Gasteiger partial charge in [0.25, 0.3) is 0 Å². The molecule has 0 saturated heterocycles.